The quantitative estimate of drug-likeness (QED) is 0.774. The second-order valence-corrected chi connectivity index (χ2v) is 6.76. The third-order valence-electron chi connectivity index (χ3n) is 3.50. The van der Waals surface area contributed by atoms with Gasteiger partial charge in [0.1, 0.15) is 4.83 Å². The van der Waals surface area contributed by atoms with Crippen LogP contribution in [0.5, 0.6) is 0 Å². The lowest BCUT2D eigenvalue weighted by Gasteiger charge is -2.12. The lowest BCUT2D eigenvalue weighted by molar-refractivity contribution is 0.0911. The highest BCUT2D eigenvalue weighted by Gasteiger charge is 2.43. The summed E-state index contributed by atoms with van der Waals surface area (Å²) in [6.45, 7) is 0.0115. The van der Waals surface area contributed by atoms with Crippen LogP contribution in [-0.4, -0.2) is 32.5 Å². The molecule has 1 amide bonds. The first kappa shape index (κ1) is 11.4. The van der Waals surface area contributed by atoms with Gasteiger partial charge in [-0.05, 0) is 18.9 Å². The fourth-order valence-corrected chi connectivity index (χ4v) is 3.83. The number of carbonyl (C=O) groups is 1. The van der Waals surface area contributed by atoms with Crippen LogP contribution in [0.1, 0.15) is 22.5 Å². The minimum Gasteiger partial charge on any atom is -0.394 e. The number of fused-ring (bicyclic) bond motifs is 3. The first-order valence-corrected chi connectivity index (χ1v) is 7.69. The molecule has 0 bridgehead atoms. The molecule has 3 aromatic heterocycles. The third-order valence-corrected chi connectivity index (χ3v) is 5.27. The standard InChI is InChI=1S/C12H11N3O2S2/c16-6-12(1-2-12)14-9(17)8-5-7-10(19-8)13-11-15(7)3-4-18-11/h3-5,16H,1-2,6H2,(H,14,17). The van der Waals surface area contributed by atoms with E-state index in [4.69, 9.17) is 0 Å². The average molecular weight is 293 g/mol. The van der Waals surface area contributed by atoms with E-state index < -0.39 is 0 Å². The number of nitrogens with one attached hydrogen (secondary N) is 1. The molecule has 0 aliphatic heterocycles. The van der Waals surface area contributed by atoms with Gasteiger partial charge in [0.05, 0.1) is 22.5 Å². The predicted octanol–water partition coefficient (Wildman–Crippen LogP) is 1.87. The lowest BCUT2D eigenvalue weighted by atomic mass is 10.3. The number of rotatable bonds is 3. The number of aliphatic hydroxyl groups excluding tert-OH is 1. The number of hydrogen-bond donors (Lipinski definition) is 2. The number of hydrogen-bond acceptors (Lipinski definition) is 5. The maximum Gasteiger partial charge on any atom is 0.262 e. The van der Waals surface area contributed by atoms with Gasteiger partial charge in [-0.3, -0.25) is 9.20 Å². The Morgan fingerprint density at radius 2 is 2.42 bits per heavy atom. The Bertz CT molecular complexity index is 781. The average Bonchev–Trinajstić information content (AvgIpc) is 2.76. The minimum atomic E-state index is -0.372. The van der Waals surface area contributed by atoms with Crippen molar-refractivity contribution in [2.45, 2.75) is 18.4 Å². The molecule has 2 N–H and O–H groups in total. The van der Waals surface area contributed by atoms with Crippen LogP contribution in [-0.2, 0) is 0 Å². The smallest absolute Gasteiger partial charge is 0.262 e. The Labute approximate surface area is 116 Å². The van der Waals surface area contributed by atoms with Gasteiger partial charge < -0.3 is 10.4 Å². The number of thiazole rings is 1. The fraction of sp³-hybridized carbons (Fsp3) is 0.333. The van der Waals surface area contributed by atoms with E-state index >= 15 is 0 Å². The fourth-order valence-electron chi connectivity index (χ4n) is 2.14. The van der Waals surface area contributed by atoms with Gasteiger partial charge in [-0.2, -0.15) is 0 Å². The Hall–Kier alpha value is -1.44. The predicted molar refractivity (Wildman–Crippen MR) is 75.0 cm³/mol. The Morgan fingerprint density at radius 1 is 1.58 bits per heavy atom. The highest BCUT2D eigenvalue weighted by Crippen LogP contribution is 2.35. The molecule has 19 heavy (non-hydrogen) atoms. The highest BCUT2D eigenvalue weighted by molar-refractivity contribution is 7.21. The molecule has 0 radical (unpaired) electrons. The van der Waals surface area contributed by atoms with Crippen molar-refractivity contribution >= 4 is 43.9 Å². The summed E-state index contributed by atoms with van der Waals surface area (Å²) < 4.78 is 1.99. The highest BCUT2D eigenvalue weighted by atomic mass is 32.1. The van der Waals surface area contributed by atoms with E-state index in [1.165, 1.54) is 11.3 Å². The number of imidazole rings is 1. The zero-order chi connectivity index (χ0) is 13.0. The maximum atomic E-state index is 12.2. The number of amides is 1. The molecule has 7 heteroatoms. The summed E-state index contributed by atoms with van der Waals surface area (Å²) in [6.07, 6.45) is 3.67. The number of thiophene rings is 1. The second-order valence-electron chi connectivity index (χ2n) is 4.86. The largest absolute Gasteiger partial charge is 0.394 e. The summed E-state index contributed by atoms with van der Waals surface area (Å²) in [6, 6.07) is 1.87. The van der Waals surface area contributed by atoms with Crippen molar-refractivity contribution < 1.29 is 9.90 Å². The van der Waals surface area contributed by atoms with Crippen LogP contribution in [0.4, 0.5) is 0 Å². The molecule has 0 aromatic carbocycles. The van der Waals surface area contributed by atoms with Crippen LogP contribution in [0.15, 0.2) is 17.6 Å². The molecular weight excluding hydrogens is 282 g/mol. The molecule has 1 aliphatic carbocycles. The normalized spacial score (nSPS) is 17.1. The third kappa shape index (κ3) is 1.69. The molecule has 1 fully saturated rings. The van der Waals surface area contributed by atoms with E-state index in [2.05, 4.69) is 10.3 Å². The summed E-state index contributed by atoms with van der Waals surface area (Å²) in [4.78, 5) is 19.1. The van der Waals surface area contributed by atoms with Crippen LogP contribution in [0.25, 0.3) is 15.3 Å². The molecule has 5 nitrogen and oxygen atoms in total. The van der Waals surface area contributed by atoms with Gasteiger partial charge in [-0.25, -0.2) is 4.98 Å². The molecule has 0 spiro atoms. The molecule has 1 aliphatic rings. The van der Waals surface area contributed by atoms with Crippen LogP contribution in [0.2, 0.25) is 0 Å². The van der Waals surface area contributed by atoms with E-state index in [0.29, 0.717) is 4.88 Å². The van der Waals surface area contributed by atoms with E-state index in [1.54, 1.807) is 11.3 Å². The summed E-state index contributed by atoms with van der Waals surface area (Å²) in [5.74, 6) is -0.112. The van der Waals surface area contributed by atoms with Crippen LogP contribution >= 0.6 is 22.7 Å². The zero-order valence-corrected chi connectivity index (χ0v) is 11.6. The van der Waals surface area contributed by atoms with Gasteiger partial charge in [-0.1, -0.05) is 0 Å². The molecule has 3 aromatic rings. The monoisotopic (exact) mass is 293 g/mol. The van der Waals surface area contributed by atoms with E-state index in [1.807, 2.05) is 22.0 Å². The lowest BCUT2D eigenvalue weighted by Crippen LogP contribution is -2.39. The number of aromatic nitrogens is 2. The zero-order valence-electron chi connectivity index (χ0n) is 9.92. The molecular formula is C12H11N3O2S2. The molecule has 98 valence electrons. The van der Waals surface area contributed by atoms with Gasteiger partial charge in [0.2, 0.25) is 0 Å². The summed E-state index contributed by atoms with van der Waals surface area (Å²) >= 11 is 2.98. The maximum absolute atomic E-state index is 12.2. The minimum absolute atomic E-state index is 0.0115. The Kier molecular flexibility index (Phi) is 2.27. The first-order valence-electron chi connectivity index (χ1n) is 5.99. The molecule has 3 heterocycles. The Balaban J connectivity index is 1.70. The number of nitrogens with zero attached hydrogens (tertiary/aromatic N) is 2. The first-order chi connectivity index (χ1) is 9.21. The van der Waals surface area contributed by atoms with Gasteiger partial charge in [0, 0.05) is 11.6 Å². The van der Waals surface area contributed by atoms with E-state index in [9.17, 15) is 9.90 Å². The van der Waals surface area contributed by atoms with Crippen molar-refractivity contribution in [1.82, 2.24) is 14.7 Å². The summed E-state index contributed by atoms with van der Waals surface area (Å²) in [5.41, 5.74) is 0.601. The Morgan fingerprint density at radius 3 is 3.16 bits per heavy atom. The van der Waals surface area contributed by atoms with Crippen LogP contribution < -0.4 is 5.32 Å². The van der Waals surface area contributed by atoms with Gasteiger partial charge >= 0.3 is 0 Å². The molecule has 0 atom stereocenters. The van der Waals surface area contributed by atoms with Gasteiger partial charge in [-0.15, -0.1) is 22.7 Å². The van der Waals surface area contributed by atoms with Crippen molar-refractivity contribution in [1.29, 1.82) is 0 Å². The van der Waals surface area contributed by atoms with E-state index in [0.717, 1.165) is 28.1 Å². The molecule has 4 rings (SSSR count). The second kappa shape index (κ2) is 3.78. The van der Waals surface area contributed by atoms with Gasteiger partial charge in [0.15, 0.2) is 4.96 Å². The summed E-state index contributed by atoms with van der Waals surface area (Å²) in [5, 5.41) is 14.1. The number of aliphatic hydroxyl groups is 1. The van der Waals surface area contributed by atoms with E-state index in [-0.39, 0.29) is 18.1 Å². The molecule has 0 saturated heterocycles. The van der Waals surface area contributed by atoms with Crippen LogP contribution in [0, 0.1) is 0 Å². The van der Waals surface area contributed by atoms with Crippen molar-refractivity contribution in [2.75, 3.05) is 6.61 Å². The van der Waals surface area contributed by atoms with Crippen molar-refractivity contribution in [3.8, 4) is 0 Å². The molecule has 0 unspecified atom stereocenters. The SMILES string of the molecule is O=C(NC1(CO)CC1)c1cc2c(nc3sccn32)s1. The van der Waals surface area contributed by atoms with Crippen molar-refractivity contribution in [3.63, 3.8) is 0 Å². The number of carbonyl (C=O) groups excluding carboxylic acids is 1. The van der Waals surface area contributed by atoms with Crippen LogP contribution in [0.3, 0.4) is 0 Å². The topological polar surface area (TPSA) is 66.6 Å². The van der Waals surface area contributed by atoms with Crippen molar-refractivity contribution in [3.05, 3.63) is 22.5 Å². The molecule has 1 saturated carbocycles. The summed E-state index contributed by atoms with van der Waals surface area (Å²) in [7, 11) is 0. The van der Waals surface area contributed by atoms with Crippen molar-refractivity contribution in [2.24, 2.45) is 0 Å². The van der Waals surface area contributed by atoms with Gasteiger partial charge in [0.25, 0.3) is 5.91 Å².